The molecule has 0 bridgehead atoms. The van der Waals surface area contributed by atoms with E-state index in [1.54, 1.807) is 6.20 Å². The highest BCUT2D eigenvalue weighted by Gasteiger charge is 2.04. The van der Waals surface area contributed by atoms with Gasteiger partial charge in [-0.3, -0.25) is 0 Å². The van der Waals surface area contributed by atoms with Crippen molar-refractivity contribution in [1.29, 1.82) is 0 Å². The zero-order valence-electron chi connectivity index (χ0n) is 7.30. The molecule has 1 heterocycles. The number of alkyl halides is 1. The second-order valence-corrected chi connectivity index (χ2v) is 3.53. The van der Waals surface area contributed by atoms with Gasteiger partial charge in [-0.15, -0.1) is 11.6 Å². The molecule has 0 saturated carbocycles. The van der Waals surface area contributed by atoms with Crippen LogP contribution >= 0.6 is 23.2 Å². The molecule has 1 atom stereocenters. The largest absolute Gasteiger partial charge is 0.366 e. The van der Waals surface area contributed by atoms with E-state index in [9.17, 15) is 0 Å². The van der Waals surface area contributed by atoms with Crippen LogP contribution in [0.4, 0.5) is 5.82 Å². The highest BCUT2D eigenvalue weighted by molar-refractivity contribution is 6.32. The molecule has 0 fully saturated rings. The van der Waals surface area contributed by atoms with Gasteiger partial charge in [0.05, 0.1) is 6.20 Å². The van der Waals surface area contributed by atoms with Gasteiger partial charge in [0.15, 0.2) is 0 Å². The Hall–Kier alpha value is -0.540. The summed E-state index contributed by atoms with van der Waals surface area (Å²) in [6.45, 7) is 2.03. The van der Waals surface area contributed by atoms with E-state index in [4.69, 9.17) is 23.2 Å². The summed E-state index contributed by atoms with van der Waals surface area (Å²) in [5.74, 6) is 1.28. The number of nitrogens with one attached hydrogen (secondary N) is 1. The highest BCUT2D eigenvalue weighted by Crippen LogP contribution is 2.17. The predicted molar refractivity (Wildman–Crippen MR) is 55.5 cm³/mol. The molecule has 1 aromatic heterocycles. The molecule has 72 valence electrons. The topological polar surface area (TPSA) is 37.8 Å². The van der Waals surface area contributed by atoms with Crippen LogP contribution in [0.15, 0.2) is 12.5 Å². The van der Waals surface area contributed by atoms with E-state index < -0.39 is 0 Å². The quantitative estimate of drug-likeness (QED) is 0.792. The van der Waals surface area contributed by atoms with Crippen molar-refractivity contribution in [3.63, 3.8) is 0 Å². The third-order valence-electron chi connectivity index (χ3n) is 1.59. The van der Waals surface area contributed by atoms with E-state index in [-0.39, 0.29) is 6.04 Å². The molecule has 0 aliphatic heterocycles. The lowest BCUT2D eigenvalue weighted by molar-refractivity contribution is 0.763. The third-order valence-corrected chi connectivity index (χ3v) is 2.09. The molecule has 5 heteroatoms. The molecule has 0 aliphatic rings. The lowest BCUT2D eigenvalue weighted by Crippen LogP contribution is -2.16. The Balaban J connectivity index is 2.58. The molecule has 0 spiro atoms. The number of hydrogen-bond acceptors (Lipinski definition) is 3. The van der Waals surface area contributed by atoms with Crippen molar-refractivity contribution in [2.45, 2.75) is 19.4 Å². The average Bonchev–Trinajstić information content (AvgIpc) is 2.09. The van der Waals surface area contributed by atoms with Crippen LogP contribution in [-0.4, -0.2) is 21.9 Å². The molecular formula is C8H11Cl2N3. The van der Waals surface area contributed by atoms with Crippen LogP contribution in [0.25, 0.3) is 0 Å². The Kier molecular flexibility index (Phi) is 4.25. The Morgan fingerprint density at radius 3 is 3.00 bits per heavy atom. The second-order valence-electron chi connectivity index (χ2n) is 2.74. The number of nitrogens with zero attached hydrogens (tertiary/aromatic N) is 2. The molecule has 1 aromatic rings. The smallest absolute Gasteiger partial charge is 0.148 e. The average molecular weight is 220 g/mol. The minimum atomic E-state index is 0.268. The van der Waals surface area contributed by atoms with Crippen LogP contribution < -0.4 is 5.32 Å². The zero-order valence-corrected chi connectivity index (χ0v) is 8.81. The summed E-state index contributed by atoms with van der Waals surface area (Å²) in [5, 5.41) is 3.67. The molecular weight excluding hydrogens is 209 g/mol. The molecule has 0 amide bonds. The zero-order chi connectivity index (χ0) is 9.68. The van der Waals surface area contributed by atoms with E-state index in [2.05, 4.69) is 15.3 Å². The van der Waals surface area contributed by atoms with Gasteiger partial charge in [0.25, 0.3) is 0 Å². The van der Waals surface area contributed by atoms with Gasteiger partial charge in [-0.1, -0.05) is 11.6 Å². The fourth-order valence-corrected chi connectivity index (χ4v) is 1.38. The van der Waals surface area contributed by atoms with Crippen LogP contribution in [0.1, 0.15) is 13.3 Å². The van der Waals surface area contributed by atoms with Gasteiger partial charge in [0.1, 0.15) is 17.2 Å². The Bertz CT molecular complexity index is 267. The van der Waals surface area contributed by atoms with Crippen molar-refractivity contribution >= 4 is 29.0 Å². The van der Waals surface area contributed by atoms with Gasteiger partial charge in [-0.25, -0.2) is 9.97 Å². The monoisotopic (exact) mass is 219 g/mol. The van der Waals surface area contributed by atoms with Gasteiger partial charge in [-0.05, 0) is 13.3 Å². The maximum absolute atomic E-state index is 5.85. The molecule has 0 aliphatic carbocycles. The van der Waals surface area contributed by atoms with E-state index in [0.717, 1.165) is 6.42 Å². The molecule has 1 N–H and O–H groups in total. The van der Waals surface area contributed by atoms with E-state index in [1.165, 1.54) is 6.33 Å². The first-order valence-corrected chi connectivity index (χ1v) is 4.93. The fraction of sp³-hybridized carbons (Fsp3) is 0.500. The first-order valence-electron chi connectivity index (χ1n) is 4.02. The number of anilines is 1. The molecule has 1 unspecified atom stereocenters. The van der Waals surface area contributed by atoms with Gasteiger partial charge < -0.3 is 5.32 Å². The summed E-state index contributed by atoms with van der Waals surface area (Å²) < 4.78 is 0. The maximum atomic E-state index is 5.85. The molecule has 0 radical (unpaired) electrons. The lowest BCUT2D eigenvalue weighted by atomic mass is 10.2. The standard InChI is InChI=1S/C8H11Cl2N3/c1-6(2-3-9)13-8-7(10)4-11-5-12-8/h4-6H,2-3H2,1H3,(H,11,12,13). The lowest BCUT2D eigenvalue weighted by Gasteiger charge is -2.13. The first-order chi connectivity index (χ1) is 6.24. The summed E-state index contributed by atoms with van der Waals surface area (Å²) >= 11 is 11.4. The van der Waals surface area contributed by atoms with E-state index >= 15 is 0 Å². The van der Waals surface area contributed by atoms with Crippen molar-refractivity contribution < 1.29 is 0 Å². The van der Waals surface area contributed by atoms with Crippen LogP contribution in [-0.2, 0) is 0 Å². The van der Waals surface area contributed by atoms with Gasteiger partial charge in [0.2, 0.25) is 0 Å². The second kappa shape index (κ2) is 5.25. The number of rotatable bonds is 4. The minimum absolute atomic E-state index is 0.268. The maximum Gasteiger partial charge on any atom is 0.148 e. The highest BCUT2D eigenvalue weighted by atomic mass is 35.5. The molecule has 0 saturated heterocycles. The van der Waals surface area contributed by atoms with E-state index in [1.807, 2.05) is 6.92 Å². The molecule has 0 aromatic carbocycles. The summed E-state index contributed by atoms with van der Waals surface area (Å²) in [6.07, 6.45) is 3.90. The molecule has 1 rings (SSSR count). The van der Waals surface area contributed by atoms with Crippen molar-refractivity contribution in [2.24, 2.45) is 0 Å². The molecule has 13 heavy (non-hydrogen) atoms. The Labute approximate surface area is 87.5 Å². The summed E-state index contributed by atoms with van der Waals surface area (Å²) in [6, 6.07) is 0.268. The first kappa shape index (κ1) is 10.5. The number of aromatic nitrogens is 2. The van der Waals surface area contributed by atoms with Gasteiger partial charge >= 0.3 is 0 Å². The van der Waals surface area contributed by atoms with Crippen LogP contribution in [0.5, 0.6) is 0 Å². The van der Waals surface area contributed by atoms with Crippen molar-refractivity contribution in [3.05, 3.63) is 17.5 Å². The van der Waals surface area contributed by atoms with Crippen molar-refractivity contribution in [2.75, 3.05) is 11.2 Å². The third kappa shape index (κ3) is 3.36. The van der Waals surface area contributed by atoms with Crippen molar-refractivity contribution in [1.82, 2.24) is 9.97 Å². The van der Waals surface area contributed by atoms with Gasteiger partial charge in [0, 0.05) is 11.9 Å². The predicted octanol–water partition coefficient (Wildman–Crippen LogP) is 2.56. The van der Waals surface area contributed by atoms with Crippen LogP contribution in [0.3, 0.4) is 0 Å². The Morgan fingerprint density at radius 1 is 1.62 bits per heavy atom. The SMILES string of the molecule is CC(CCCl)Nc1ncncc1Cl. The van der Waals surface area contributed by atoms with Crippen molar-refractivity contribution in [3.8, 4) is 0 Å². The van der Waals surface area contributed by atoms with Crippen LogP contribution in [0.2, 0.25) is 5.02 Å². The summed E-state index contributed by atoms with van der Waals surface area (Å²) in [5.41, 5.74) is 0. The Morgan fingerprint density at radius 2 is 2.38 bits per heavy atom. The van der Waals surface area contributed by atoms with Gasteiger partial charge in [-0.2, -0.15) is 0 Å². The fourth-order valence-electron chi connectivity index (χ4n) is 0.888. The number of hydrogen-bond donors (Lipinski definition) is 1. The van der Waals surface area contributed by atoms with Crippen LogP contribution in [0, 0.1) is 0 Å². The summed E-state index contributed by atoms with van der Waals surface area (Å²) in [7, 11) is 0. The molecule has 3 nitrogen and oxygen atoms in total. The minimum Gasteiger partial charge on any atom is -0.366 e. The number of halogens is 2. The summed E-state index contributed by atoms with van der Waals surface area (Å²) in [4.78, 5) is 7.79. The normalized spacial score (nSPS) is 12.5. The van der Waals surface area contributed by atoms with E-state index in [0.29, 0.717) is 16.7 Å².